The zero-order valence-corrected chi connectivity index (χ0v) is 16.8. The van der Waals surface area contributed by atoms with Gasteiger partial charge in [0, 0.05) is 16.6 Å². The summed E-state index contributed by atoms with van der Waals surface area (Å²) in [6, 6.07) is 18.3. The van der Waals surface area contributed by atoms with Gasteiger partial charge in [-0.05, 0) is 60.3 Å². The van der Waals surface area contributed by atoms with Gasteiger partial charge in [-0.2, -0.15) is 0 Å². The molecule has 2 aromatic carbocycles. The molecule has 0 saturated heterocycles. The third-order valence-electron chi connectivity index (χ3n) is 4.97. The Hall–Kier alpha value is -3.80. The number of nitrogens with zero attached hydrogens (tertiary/aromatic N) is 1. The molecule has 1 N–H and O–H groups in total. The minimum absolute atomic E-state index is 0.149. The van der Waals surface area contributed by atoms with Crippen LogP contribution >= 0.6 is 0 Å². The van der Waals surface area contributed by atoms with Gasteiger partial charge >= 0.3 is 0 Å². The molecule has 2 heterocycles. The Bertz CT molecular complexity index is 1240. The molecule has 4 rings (SSSR count). The first-order valence-corrected chi connectivity index (χ1v) is 9.62. The minimum Gasteiger partial charge on any atom is -0.497 e. The fourth-order valence-corrected chi connectivity index (χ4v) is 3.41. The molecule has 0 saturated carbocycles. The number of hydrogen-bond acceptors (Lipinski definition) is 4. The number of benzene rings is 2. The number of amides is 1. The molecule has 0 atom stereocenters. The van der Waals surface area contributed by atoms with Crippen LogP contribution in [0.1, 0.15) is 27.2 Å². The highest BCUT2D eigenvalue weighted by atomic mass is 16.5. The minimum atomic E-state index is -0.214. The average Bonchev–Trinajstić information content (AvgIpc) is 3.26. The number of carbonyl (C=O) groups excluding carboxylic acids is 1. The van der Waals surface area contributed by atoms with Gasteiger partial charge in [0.2, 0.25) is 0 Å². The molecular weight excluding hydrogens is 380 g/mol. The predicted molar refractivity (Wildman–Crippen MR) is 115 cm³/mol. The van der Waals surface area contributed by atoms with Crippen LogP contribution in [0.2, 0.25) is 0 Å². The number of pyridine rings is 1. The van der Waals surface area contributed by atoms with E-state index in [9.17, 15) is 9.59 Å². The number of aromatic nitrogens is 1. The van der Waals surface area contributed by atoms with E-state index in [0.29, 0.717) is 22.6 Å². The van der Waals surface area contributed by atoms with Crippen LogP contribution in [0.4, 0.5) is 0 Å². The van der Waals surface area contributed by atoms with Crippen LogP contribution < -0.4 is 10.3 Å². The fraction of sp³-hybridized carbons (Fsp3) is 0.167. The summed E-state index contributed by atoms with van der Waals surface area (Å²) in [5, 5.41) is 0.918. The zero-order valence-electron chi connectivity index (χ0n) is 16.8. The highest BCUT2D eigenvalue weighted by molar-refractivity contribution is 5.94. The molecule has 0 unspecified atom stereocenters. The van der Waals surface area contributed by atoms with Crippen molar-refractivity contribution in [2.75, 3.05) is 7.11 Å². The molecule has 152 valence electrons. The van der Waals surface area contributed by atoms with Crippen molar-refractivity contribution in [3.05, 3.63) is 99.7 Å². The number of methoxy groups -OCH3 is 1. The number of carbonyl (C=O) groups is 1. The number of aryl methyl sites for hydroxylation is 1. The molecule has 4 aromatic rings. The maximum Gasteiger partial charge on any atom is 0.254 e. The van der Waals surface area contributed by atoms with Crippen molar-refractivity contribution in [3.63, 3.8) is 0 Å². The van der Waals surface area contributed by atoms with Gasteiger partial charge in [0.05, 0.1) is 26.5 Å². The van der Waals surface area contributed by atoms with Crippen molar-refractivity contribution in [2.24, 2.45) is 0 Å². The summed E-state index contributed by atoms with van der Waals surface area (Å²) >= 11 is 0. The molecule has 0 aliphatic carbocycles. The average molecular weight is 402 g/mol. The Kier molecular flexibility index (Phi) is 5.39. The zero-order chi connectivity index (χ0) is 21.1. The second-order valence-electron chi connectivity index (χ2n) is 7.19. The lowest BCUT2D eigenvalue weighted by atomic mass is 10.1. The predicted octanol–water partition coefficient (Wildman–Crippen LogP) is 4.28. The van der Waals surface area contributed by atoms with Crippen LogP contribution in [0.5, 0.6) is 5.75 Å². The van der Waals surface area contributed by atoms with Crippen molar-refractivity contribution in [1.29, 1.82) is 0 Å². The van der Waals surface area contributed by atoms with Crippen LogP contribution in [-0.4, -0.2) is 22.9 Å². The van der Waals surface area contributed by atoms with Crippen LogP contribution in [0.3, 0.4) is 0 Å². The number of H-pyrrole nitrogens is 1. The van der Waals surface area contributed by atoms with Gasteiger partial charge in [0.15, 0.2) is 0 Å². The largest absolute Gasteiger partial charge is 0.497 e. The Morgan fingerprint density at radius 3 is 2.70 bits per heavy atom. The number of nitrogens with one attached hydrogen (secondary N) is 1. The number of aromatic amines is 1. The highest BCUT2D eigenvalue weighted by Gasteiger charge is 2.20. The summed E-state index contributed by atoms with van der Waals surface area (Å²) in [4.78, 5) is 30.5. The second-order valence-corrected chi connectivity index (χ2v) is 7.19. The molecule has 0 fully saturated rings. The van der Waals surface area contributed by atoms with Gasteiger partial charge in [0.25, 0.3) is 11.5 Å². The quantitative estimate of drug-likeness (QED) is 0.522. The van der Waals surface area contributed by atoms with Crippen LogP contribution in [0.25, 0.3) is 10.9 Å². The molecule has 0 bridgehead atoms. The Labute approximate surface area is 173 Å². The van der Waals surface area contributed by atoms with Crippen molar-refractivity contribution in [1.82, 2.24) is 9.88 Å². The molecule has 6 nitrogen and oxygen atoms in total. The molecule has 1 amide bonds. The normalized spacial score (nSPS) is 10.9. The maximum absolute atomic E-state index is 13.3. The third kappa shape index (κ3) is 4.12. The van der Waals surface area contributed by atoms with E-state index in [-0.39, 0.29) is 24.6 Å². The molecule has 0 spiro atoms. The molecule has 0 aliphatic heterocycles. The first-order chi connectivity index (χ1) is 14.5. The summed E-state index contributed by atoms with van der Waals surface area (Å²) < 4.78 is 10.7. The number of fused-ring (bicyclic) bond motifs is 1. The highest BCUT2D eigenvalue weighted by Crippen LogP contribution is 2.19. The maximum atomic E-state index is 13.3. The topological polar surface area (TPSA) is 75.5 Å². The van der Waals surface area contributed by atoms with Crippen molar-refractivity contribution in [2.45, 2.75) is 20.0 Å². The van der Waals surface area contributed by atoms with E-state index in [1.165, 1.54) is 0 Å². The van der Waals surface area contributed by atoms with E-state index in [0.717, 1.165) is 16.5 Å². The van der Waals surface area contributed by atoms with E-state index in [1.807, 2.05) is 31.2 Å². The summed E-state index contributed by atoms with van der Waals surface area (Å²) in [5.41, 5.74) is 2.62. The summed E-state index contributed by atoms with van der Waals surface area (Å²) in [5.74, 6) is 1.02. The number of furan rings is 1. The molecular formula is C24H22N2O4. The first-order valence-electron chi connectivity index (χ1n) is 9.62. The lowest BCUT2D eigenvalue weighted by Gasteiger charge is -2.22. The lowest BCUT2D eigenvalue weighted by Crippen LogP contribution is -2.32. The summed E-state index contributed by atoms with van der Waals surface area (Å²) in [7, 11) is 1.56. The fourth-order valence-electron chi connectivity index (χ4n) is 3.41. The molecule has 6 heteroatoms. The molecule has 0 radical (unpaired) electrons. The van der Waals surface area contributed by atoms with E-state index in [1.54, 1.807) is 54.7 Å². The van der Waals surface area contributed by atoms with E-state index in [2.05, 4.69) is 4.98 Å². The monoisotopic (exact) mass is 402 g/mol. The van der Waals surface area contributed by atoms with Gasteiger partial charge in [-0.3, -0.25) is 9.59 Å². The van der Waals surface area contributed by atoms with Crippen molar-refractivity contribution >= 4 is 16.8 Å². The van der Waals surface area contributed by atoms with Crippen LogP contribution in [0, 0.1) is 6.92 Å². The Balaban J connectivity index is 1.70. The number of ether oxygens (including phenoxy) is 1. The standard InChI is InChI=1S/C24H22N2O4/c1-16-8-9-17-12-19(23(27)25-22(17)11-16)14-26(15-21-7-4-10-30-21)24(28)18-5-3-6-20(13-18)29-2/h3-13H,14-15H2,1-2H3,(H,25,27). The van der Waals surface area contributed by atoms with Gasteiger partial charge in [-0.1, -0.05) is 18.2 Å². The second kappa shape index (κ2) is 8.29. The van der Waals surface area contributed by atoms with E-state index in [4.69, 9.17) is 9.15 Å². The van der Waals surface area contributed by atoms with Gasteiger partial charge in [-0.15, -0.1) is 0 Å². The van der Waals surface area contributed by atoms with Gasteiger partial charge in [0.1, 0.15) is 11.5 Å². The van der Waals surface area contributed by atoms with Crippen molar-refractivity contribution in [3.8, 4) is 5.75 Å². The van der Waals surface area contributed by atoms with E-state index >= 15 is 0 Å². The molecule has 0 aliphatic rings. The SMILES string of the molecule is COc1cccc(C(=O)N(Cc2ccco2)Cc2cc3ccc(C)cc3[nH]c2=O)c1. The Morgan fingerprint density at radius 2 is 1.93 bits per heavy atom. The lowest BCUT2D eigenvalue weighted by molar-refractivity contribution is 0.0716. The van der Waals surface area contributed by atoms with Gasteiger partial charge in [-0.25, -0.2) is 0 Å². The smallest absolute Gasteiger partial charge is 0.254 e. The van der Waals surface area contributed by atoms with E-state index < -0.39 is 0 Å². The molecule has 2 aromatic heterocycles. The summed E-state index contributed by atoms with van der Waals surface area (Å²) in [6.45, 7) is 2.37. The first kappa shape index (κ1) is 19.5. The van der Waals surface area contributed by atoms with Gasteiger partial charge < -0.3 is 19.0 Å². The van der Waals surface area contributed by atoms with Crippen molar-refractivity contribution < 1.29 is 13.9 Å². The number of hydrogen-bond donors (Lipinski definition) is 1. The number of rotatable bonds is 6. The van der Waals surface area contributed by atoms with Crippen LogP contribution in [-0.2, 0) is 13.1 Å². The molecule has 30 heavy (non-hydrogen) atoms. The van der Waals surface area contributed by atoms with Crippen LogP contribution in [0.15, 0.2) is 76.1 Å². The third-order valence-corrected chi connectivity index (χ3v) is 4.97. The Morgan fingerprint density at radius 1 is 1.07 bits per heavy atom. The summed E-state index contributed by atoms with van der Waals surface area (Å²) in [6.07, 6.45) is 1.56.